The van der Waals surface area contributed by atoms with Gasteiger partial charge in [-0.2, -0.15) is 0 Å². The lowest BCUT2D eigenvalue weighted by Crippen LogP contribution is -2.25. The lowest BCUT2D eigenvalue weighted by Gasteiger charge is -2.05. The highest BCUT2D eigenvalue weighted by atomic mass is 32.1. The molecule has 0 saturated heterocycles. The van der Waals surface area contributed by atoms with Crippen molar-refractivity contribution in [3.8, 4) is 11.3 Å². The van der Waals surface area contributed by atoms with E-state index in [9.17, 15) is 4.79 Å². The predicted octanol–water partition coefficient (Wildman–Crippen LogP) is 3.18. The number of benzene rings is 1. The third-order valence-corrected chi connectivity index (χ3v) is 4.14. The molecule has 0 unspecified atom stereocenters. The van der Waals surface area contributed by atoms with Gasteiger partial charge in [-0.25, -0.2) is 4.98 Å². The van der Waals surface area contributed by atoms with Gasteiger partial charge in [-0.1, -0.05) is 30.3 Å². The standard InChI is InChI=1S/C17H15N3OS/c21-17(14-7-4-9-18-11-14)19-10-8-15-16(20-12-22-15)13-5-2-1-3-6-13/h1-7,9,11-12H,8,10H2,(H,19,21). The molecular formula is C17H15N3OS. The molecule has 0 spiro atoms. The van der Waals surface area contributed by atoms with Crippen LogP contribution < -0.4 is 5.32 Å². The Hall–Kier alpha value is -2.53. The van der Waals surface area contributed by atoms with Gasteiger partial charge in [-0.05, 0) is 12.1 Å². The van der Waals surface area contributed by atoms with Gasteiger partial charge in [-0.15, -0.1) is 11.3 Å². The fraction of sp³-hybridized carbons (Fsp3) is 0.118. The van der Waals surface area contributed by atoms with Crippen molar-refractivity contribution in [2.24, 2.45) is 0 Å². The fourth-order valence-corrected chi connectivity index (χ4v) is 2.96. The van der Waals surface area contributed by atoms with Crippen molar-refractivity contribution in [3.05, 3.63) is 70.8 Å². The highest BCUT2D eigenvalue weighted by Crippen LogP contribution is 2.25. The summed E-state index contributed by atoms with van der Waals surface area (Å²) in [6.45, 7) is 0.579. The second kappa shape index (κ2) is 6.95. The molecule has 1 aromatic carbocycles. The first-order valence-corrected chi connectivity index (χ1v) is 7.88. The summed E-state index contributed by atoms with van der Waals surface area (Å²) >= 11 is 1.62. The lowest BCUT2D eigenvalue weighted by atomic mass is 10.1. The molecule has 4 nitrogen and oxygen atoms in total. The zero-order chi connectivity index (χ0) is 15.2. The number of nitrogens with one attached hydrogen (secondary N) is 1. The third-order valence-electron chi connectivity index (χ3n) is 3.25. The largest absolute Gasteiger partial charge is 0.352 e. The van der Waals surface area contributed by atoms with Crippen molar-refractivity contribution in [2.75, 3.05) is 6.54 Å². The van der Waals surface area contributed by atoms with Gasteiger partial charge in [-0.3, -0.25) is 9.78 Å². The fourth-order valence-electron chi connectivity index (χ4n) is 2.17. The Kier molecular flexibility index (Phi) is 4.56. The monoisotopic (exact) mass is 309 g/mol. The Bertz CT molecular complexity index is 741. The number of hydrogen-bond donors (Lipinski definition) is 1. The molecule has 22 heavy (non-hydrogen) atoms. The molecule has 0 saturated carbocycles. The summed E-state index contributed by atoms with van der Waals surface area (Å²) in [5.41, 5.74) is 4.54. The molecule has 0 bridgehead atoms. The molecule has 3 rings (SSSR count). The summed E-state index contributed by atoms with van der Waals surface area (Å²) in [4.78, 5) is 21.5. The number of amides is 1. The van der Waals surface area contributed by atoms with Gasteiger partial charge in [0.25, 0.3) is 5.91 Å². The number of rotatable bonds is 5. The molecule has 110 valence electrons. The summed E-state index contributed by atoms with van der Waals surface area (Å²) in [5.74, 6) is -0.0983. The maximum absolute atomic E-state index is 12.0. The van der Waals surface area contributed by atoms with Crippen LogP contribution in [-0.2, 0) is 6.42 Å². The second-order valence-corrected chi connectivity index (χ2v) is 5.68. The number of aromatic nitrogens is 2. The average Bonchev–Trinajstić information content (AvgIpc) is 3.05. The van der Waals surface area contributed by atoms with E-state index in [0.29, 0.717) is 12.1 Å². The lowest BCUT2D eigenvalue weighted by molar-refractivity contribution is 0.0954. The Morgan fingerprint density at radius 3 is 2.77 bits per heavy atom. The van der Waals surface area contributed by atoms with E-state index in [0.717, 1.165) is 17.7 Å². The van der Waals surface area contributed by atoms with Gasteiger partial charge in [0.1, 0.15) is 0 Å². The van der Waals surface area contributed by atoms with Crippen molar-refractivity contribution in [1.82, 2.24) is 15.3 Å². The molecule has 0 atom stereocenters. The van der Waals surface area contributed by atoms with Crippen LogP contribution in [0.3, 0.4) is 0 Å². The van der Waals surface area contributed by atoms with E-state index in [1.807, 2.05) is 35.8 Å². The van der Waals surface area contributed by atoms with Crippen LogP contribution in [0.15, 0.2) is 60.4 Å². The molecule has 1 amide bonds. The van der Waals surface area contributed by atoms with E-state index in [1.165, 1.54) is 4.88 Å². The topological polar surface area (TPSA) is 54.9 Å². The molecule has 0 aliphatic heterocycles. The van der Waals surface area contributed by atoms with Crippen LogP contribution in [0.4, 0.5) is 0 Å². The molecule has 0 fully saturated rings. The average molecular weight is 309 g/mol. The summed E-state index contributed by atoms with van der Waals surface area (Å²) < 4.78 is 0. The molecule has 2 heterocycles. The zero-order valence-electron chi connectivity index (χ0n) is 11.9. The van der Waals surface area contributed by atoms with Gasteiger partial charge in [0.15, 0.2) is 0 Å². The van der Waals surface area contributed by atoms with E-state index < -0.39 is 0 Å². The van der Waals surface area contributed by atoms with E-state index in [-0.39, 0.29) is 5.91 Å². The van der Waals surface area contributed by atoms with Crippen LogP contribution >= 0.6 is 11.3 Å². The molecule has 3 aromatic rings. The summed E-state index contributed by atoms with van der Waals surface area (Å²) in [7, 11) is 0. The van der Waals surface area contributed by atoms with Gasteiger partial charge in [0.05, 0.1) is 16.8 Å². The third kappa shape index (κ3) is 3.38. The highest BCUT2D eigenvalue weighted by Gasteiger charge is 2.09. The van der Waals surface area contributed by atoms with Crippen LogP contribution in [0, 0.1) is 0 Å². The van der Waals surface area contributed by atoms with Crippen molar-refractivity contribution in [1.29, 1.82) is 0 Å². The molecule has 0 aliphatic rings. The normalized spacial score (nSPS) is 10.4. The minimum Gasteiger partial charge on any atom is -0.352 e. The quantitative estimate of drug-likeness (QED) is 0.787. The number of thiazole rings is 1. The van der Waals surface area contributed by atoms with Crippen molar-refractivity contribution < 1.29 is 4.79 Å². The Labute approximate surface area is 132 Å². The van der Waals surface area contributed by atoms with Crippen LogP contribution in [0.25, 0.3) is 11.3 Å². The molecule has 0 aliphatic carbocycles. The SMILES string of the molecule is O=C(NCCc1scnc1-c1ccccc1)c1cccnc1. The maximum atomic E-state index is 12.0. The zero-order valence-corrected chi connectivity index (χ0v) is 12.7. The maximum Gasteiger partial charge on any atom is 0.252 e. The summed E-state index contributed by atoms with van der Waals surface area (Å²) in [6, 6.07) is 13.6. The van der Waals surface area contributed by atoms with E-state index >= 15 is 0 Å². The highest BCUT2D eigenvalue weighted by molar-refractivity contribution is 7.10. The van der Waals surface area contributed by atoms with Gasteiger partial charge >= 0.3 is 0 Å². The first-order chi connectivity index (χ1) is 10.8. The molecule has 1 N–H and O–H groups in total. The van der Waals surface area contributed by atoms with Gasteiger partial charge in [0, 0.05) is 35.8 Å². The van der Waals surface area contributed by atoms with E-state index in [2.05, 4.69) is 15.3 Å². The molecular weight excluding hydrogens is 294 g/mol. The number of carbonyl (C=O) groups excluding carboxylic acids is 1. The van der Waals surface area contributed by atoms with Gasteiger partial charge < -0.3 is 5.32 Å². The molecule has 5 heteroatoms. The summed E-state index contributed by atoms with van der Waals surface area (Å²) in [6.07, 6.45) is 3.98. The Balaban J connectivity index is 1.61. The minimum atomic E-state index is -0.0983. The number of nitrogens with zero attached hydrogens (tertiary/aromatic N) is 2. The second-order valence-electron chi connectivity index (χ2n) is 4.74. The number of pyridine rings is 1. The van der Waals surface area contributed by atoms with Gasteiger partial charge in [0.2, 0.25) is 0 Å². The first kappa shape index (κ1) is 14.4. The first-order valence-electron chi connectivity index (χ1n) is 7.00. The van der Waals surface area contributed by atoms with E-state index in [4.69, 9.17) is 0 Å². The minimum absolute atomic E-state index is 0.0983. The molecule has 0 radical (unpaired) electrons. The van der Waals surface area contributed by atoms with Crippen LogP contribution in [0.5, 0.6) is 0 Å². The van der Waals surface area contributed by atoms with Crippen molar-refractivity contribution in [2.45, 2.75) is 6.42 Å². The predicted molar refractivity (Wildman–Crippen MR) is 87.8 cm³/mol. The van der Waals surface area contributed by atoms with Crippen molar-refractivity contribution >= 4 is 17.2 Å². The van der Waals surface area contributed by atoms with Crippen molar-refractivity contribution in [3.63, 3.8) is 0 Å². The number of hydrogen-bond acceptors (Lipinski definition) is 4. The van der Waals surface area contributed by atoms with E-state index in [1.54, 1.807) is 35.9 Å². The summed E-state index contributed by atoms with van der Waals surface area (Å²) in [5, 5.41) is 2.92. The van der Waals surface area contributed by atoms with Crippen LogP contribution in [-0.4, -0.2) is 22.4 Å². The Morgan fingerprint density at radius 1 is 1.14 bits per heavy atom. The van der Waals surface area contributed by atoms with Crippen LogP contribution in [0.2, 0.25) is 0 Å². The molecule has 2 aromatic heterocycles. The number of carbonyl (C=O) groups is 1. The van der Waals surface area contributed by atoms with Crippen LogP contribution in [0.1, 0.15) is 15.2 Å². The smallest absolute Gasteiger partial charge is 0.252 e. The Morgan fingerprint density at radius 2 is 2.00 bits per heavy atom.